The number of para-hydroxylation sites is 1. The number of benzene rings is 4. The van der Waals surface area contributed by atoms with Crippen LogP contribution in [0.1, 0.15) is 39.5 Å². The summed E-state index contributed by atoms with van der Waals surface area (Å²) in [4.78, 5) is 23.0. The van der Waals surface area contributed by atoms with Crippen molar-refractivity contribution in [2.45, 2.75) is 12.5 Å². The Morgan fingerprint density at radius 3 is 2.26 bits per heavy atom. The molecule has 4 aromatic carbocycles. The van der Waals surface area contributed by atoms with Crippen LogP contribution in [0, 0.1) is 10.1 Å². The lowest BCUT2D eigenvalue weighted by molar-refractivity contribution is -0.385. The summed E-state index contributed by atoms with van der Waals surface area (Å²) in [5.41, 5.74) is 6.99. The quantitative estimate of drug-likeness (QED) is 0.167. The molecule has 0 aliphatic carbocycles. The second-order valence-corrected chi connectivity index (χ2v) is 8.88. The average Bonchev–Trinajstić information content (AvgIpc) is 3.42. The summed E-state index contributed by atoms with van der Waals surface area (Å²) in [6.45, 7) is 0. The molecule has 192 valence electrons. The van der Waals surface area contributed by atoms with Crippen molar-refractivity contribution in [3.63, 3.8) is 0 Å². The van der Waals surface area contributed by atoms with Crippen LogP contribution in [0.15, 0.2) is 125 Å². The molecule has 0 radical (unpaired) electrons. The molecule has 1 N–H and O–H groups in total. The van der Waals surface area contributed by atoms with Gasteiger partial charge in [0.15, 0.2) is 0 Å². The highest BCUT2D eigenvalue weighted by Gasteiger charge is 2.28. The van der Waals surface area contributed by atoms with Crippen molar-refractivity contribution in [2.75, 3.05) is 5.01 Å². The topological polar surface area (TPSA) is 100 Å². The Morgan fingerprint density at radius 2 is 1.54 bits per heavy atom. The molecule has 0 spiro atoms. The molecule has 39 heavy (non-hydrogen) atoms. The Bertz CT molecular complexity index is 1550. The van der Waals surface area contributed by atoms with E-state index in [9.17, 15) is 14.9 Å². The molecule has 1 amide bonds. The van der Waals surface area contributed by atoms with E-state index in [-0.39, 0.29) is 17.3 Å². The number of anilines is 1. The van der Waals surface area contributed by atoms with Gasteiger partial charge in [0.1, 0.15) is 5.56 Å². The van der Waals surface area contributed by atoms with Crippen LogP contribution in [0.4, 0.5) is 11.4 Å². The average molecular weight is 516 g/mol. The third-order valence-electron chi connectivity index (χ3n) is 6.27. The van der Waals surface area contributed by atoms with Crippen molar-refractivity contribution in [1.82, 2.24) is 5.43 Å². The van der Waals surface area contributed by atoms with Crippen molar-refractivity contribution < 1.29 is 9.72 Å². The first-order valence-electron chi connectivity index (χ1n) is 12.4. The fourth-order valence-electron chi connectivity index (χ4n) is 4.33. The first kappa shape index (κ1) is 25.3. The van der Waals surface area contributed by atoms with Gasteiger partial charge < -0.3 is 0 Å². The predicted molar refractivity (Wildman–Crippen MR) is 154 cm³/mol. The zero-order valence-corrected chi connectivity index (χ0v) is 20.9. The number of carbonyl (C=O) groups is 1. The van der Waals surface area contributed by atoms with Crippen LogP contribution in [0.25, 0.3) is 6.08 Å². The summed E-state index contributed by atoms with van der Waals surface area (Å²) >= 11 is 0. The van der Waals surface area contributed by atoms with Crippen LogP contribution < -0.4 is 10.4 Å². The van der Waals surface area contributed by atoms with Crippen LogP contribution in [-0.2, 0) is 0 Å². The molecule has 0 saturated heterocycles. The standard InChI is InChI=1S/C31H25N5O3/c37-31(28-13-7-8-14-29(28)36(38)39)33-32-22-24-16-19-27(20-17-24)35-30(25-11-5-2-6-12-25)21-26(34-35)18-15-23-9-3-1-4-10-23/h1-20,22,30H,21H2,(H,33,37)/b18-15+,32-22-/t30-/m0/s1. The number of nitro groups is 1. The molecule has 1 aliphatic heterocycles. The lowest BCUT2D eigenvalue weighted by Crippen LogP contribution is -2.19. The number of allylic oxidation sites excluding steroid dienone is 1. The number of hydrazone groups is 2. The van der Waals surface area contributed by atoms with Crippen molar-refractivity contribution in [2.24, 2.45) is 10.2 Å². The number of amides is 1. The van der Waals surface area contributed by atoms with E-state index in [4.69, 9.17) is 5.10 Å². The maximum Gasteiger partial charge on any atom is 0.282 e. The minimum atomic E-state index is -0.650. The molecule has 8 heteroatoms. The van der Waals surface area contributed by atoms with E-state index < -0.39 is 10.8 Å². The lowest BCUT2D eigenvalue weighted by Gasteiger charge is -2.24. The third kappa shape index (κ3) is 6.14. The summed E-state index contributed by atoms with van der Waals surface area (Å²) in [5, 5.41) is 22.1. The first-order chi connectivity index (χ1) is 19.1. The fraction of sp³-hybridized carbons (Fsp3) is 0.0645. The highest BCUT2D eigenvalue weighted by molar-refractivity contribution is 6.01. The zero-order chi connectivity index (χ0) is 27.0. The zero-order valence-electron chi connectivity index (χ0n) is 20.9. The number of nitrogens with one attached hydrogen (secondary N) is 1. The van der Waals surface area contributed by atoms with Gasteiger partial charge in [0.05, 0.1) is 28.6 Å². The molecule has 8 nitrogen and oxygen atoms in total. The molecule has 1 heterocycles. The summed E-state index contributed by atoms with van der Waals surface area (Å²) in [6.07, 6.45) is 6.40. The van der Waals surface area contributed by atoms with E-state index in [0.29, 0.717) is 0 Å². The Morgan fingerprint density at radius 1 is 0.872 bits per heavy atom. The van der Waals surface area contributed by atoms with Gasteiger partial charge >= 0.3 is 0 Å². The number of hydrogen-bond acceptors (Lipinski definition) is 6. The number of nitro benzene ring substituents is 1. The van der Waals surface area contributed by atoms with Crippen LogP contribution in [0.5, 0.6) is 0 Å². The Balaban J connectivity index is 1.31. The van der Waals surface area contributed by atoms with Gasteiger partial charge in [-0.3, -0.25) is 19.9 Å². The van der Waals surface area contributed by atoms with E-state index in [1.165, 1.54) is 30.0 Å². The predicted octanol–water partition coefficient (Wildman–Crippen LogP) is 6.38. The minimum Gasteiger partial charge on any atom is -0.267 e. The fourth-order valence-corrected chi connectivity index (χ4v) is 4.33. The first-order valence-corrected chi connectivity index (χ1v) is 12.4. The van der Waals surface area contributed by atoms with Crippen LogP contribution in [0.2, 0.25) is 0 Å². The Kier molecular flexibility index (Phi) is 7.64. The molecule has 0 bridgehead atoms. The number of carbonyl (C=O) groups excluding carboxylic acids is 1. The van der Waals surface area contributed by atoms with Gasteiger partial charge in [-0.1, -0.05) is 91.0 Å². The van der Waals surface area contributed by atoms with E-state index in [1.54, 1.807) is 6.07 Å². The Labute approximate surface area is 225 Å². The second kappa shape index (κ2) is 11.8. The normalized spacial score (nSPS) is 15.0. The Hall–Kier alpha value is -5.37. The monoisotopic (exact) mass is 515 g/mol. The van der Waals surface area contributed by atoms with Gasteiger partial charge in [0, 0.05) is 12.5 Å². The number of rotatable bonds is 8. The summed E-state index contributed by atoms with van der Waals surface area (Å²) < 4.78 is 0. The molecular formula is C31H25N5O3. The van der Waals surface area contributed by atoms with Crippen LogP contribution in [0.3, 0.4) is 0 Å². The molecule has 4 aromatic rings. The molecule has 1 atom stereocenters. The van der Waals surface area contributed by atoms with Gasteiger partial charge in [-0.05, 0) is 41.0 Å². The van der Waals surface area contributed by atoms with E-state index in [0.717, 1.165) is 28.9 Å². The van der Waals surface area contributed by atoms with Gasteiger partial charge in [0.2, 0.25) is 0 Å². The van der Waals surface area contributed by atoms with Crippen molar-refractivity contribution in [1.29, 1.82) is 0 Å². The largest absolute Gasteiger partial charge is 0.282 e. The number of nitrogens with zero attached hydrogens (tertiary/aromatic N) is 4. The summed E-state index contributed by atoms with van der Waals surface area (Å²) in [6, 6.07) is 33.9. The van der Waals surface area contributed by atoms with Gasteiger partial charge in [-0.15, -0.1) is 0 Å². The molecule has 0 saturated carbocycles. The van der Waals surface area contributed by atoms with Gasteiger partial charge in [0.25, 0.3) is 11.6 Å². The highest BCUT2D eigenvalue weighted by Crippen LogP contribution is 2.35. The minimum absolute atomic E-state index is 0.0500. The maximum atomic E-state index is 12.4. The van der Waals surface area contributed by atoms with Crippen LogP contribution >= 0.6 is 0 Å². The van der Waals surface area contributed by atoms with Crippen molar-refractivity contribution in [3.05, 3.63) is 148 Å². The highest BCUT2D eigenvalue weighted by atomic mass is 16.6. The van der Waals surface area contributed by atoms with Gasteiger partial charge in [-0.25, -0.2) is 5.43 Å². The smallest absolute Gasteiger partial charge is 0.267 e. The van der Waals surface area contributed by atoms with Gasteiger partial charge in [-0.2, -0.15) is 10.2 Å². The SMILES string of the molecule is O=C(N/N=C\c1ccc(N2N=C(/C=C/c3ccccc3)C[C@H]2c2ccccc2)cc1)c1ccccc1[N+](=O)[O-]. The molecular weight excluding hydrogens is 490 g/mol. The number of hydrogen-bond donors (Lipinski definition) is 1. The second-order valence-electron chi connectivity index (χ2n) is 8.88. The molecule has 0 aromatic heterocycles. The molecule has 0 unspecified atom stereocenters. The van der Waals surface area contributed by atoms with E-state index in [1.807, 2.05) is 65.7 Å². The molecule has 5 rings (SSSR count). The summed E-state index contributed by atoms with van der Waals surface area (Å²) in [7, 11) is 0. The van der Waals surface area contributed by atoms with E-state index >= 15 is 0 Å². The molecule has 0 fully saturated rings. The summed E-state index contributed by atoms with van der Waals surface area (Å²) in [5.74, 6) is -0.650. The van der Waals surface area contributed by atoms with Crippen molar-refractivity contribution in [3.8, 4) is 0 Å². The van der Waals surface area contributed by atoms with E-state index in [2.05, 4.69) is 46.9 Å². The van der Waals surface area contributed by atoms with Crippen molar-refractivity contribution >= 4 is 35.3 Å². The molecule has 1 aliphatic rings. The maximum absolute atomic E-state index is 12.4. The van der Waals surface area contributed by atoms with Crippen LogP contribution in [-0.4, -0.2) is 22.8 Å². The lowest BCUT2D eigenvalue weighted by atomic mass is 10.0. The third-order valence-corrected chi connectivity index (χ3v) is 6.27.